The van der Waals surface area contributed by atoms with E-state index < -0.39 is 0 Å². The zero-order valence-electron chi connectivity index (χ0n) is 13.5. The molecule has 24 heavy (non-hydrogen) atoms. The molecule has 2 aromatic carbocycles. The van der Waals surface area contributed by atoms with E-state index in [4.69, 9.17) is 4.52 Å². The average Bonchev–Trinajstić information content (AvgIpc) is 2.99. The number of aliphatic imine (C=N–C) groups is 1. The Morgan fingerprint density at radius 2 is 1.46 bits per heavy atom. The zero-order chi connectivity index (χ0) is 16.6. The Kier molecular flexibility index (Phi) is 5.15. The summed E-state index contributed by atoms with van der Waals surface area (Å²) >= 11 is 0. The molecule has 0 spiro atoms. The SMILES string of the molecule is Cc1noc(C=Cc2ccccc2)c1N=C/C=C/c1ccccc1. The second kappa shape index (κ2) is 7.88. The van der Waals surface area contributed by atoms with Crippen molar-refractivity contribution in [3.8, 4) is 0 Å². The molecule has 0 aliphatic heterocycles. The summed E-state index contributed by atoms with van der Waals surface area (Å²) in [6.07, 6.45) is 9.55. The number of hydrogen-bond acceptors (Lipinski definition) is 3. The molecule has 3 aromatic rings. The smallest absolute Gasteiger partial charge is 0.185 e. The Balaban J connectivity index is 1.74. The highest BCUT2D eigenvalue weighted by Gasteiger charge is 2.08. The minimum absolute atomic E-state index is 0.653. The van der Waals surface area contributed by atoms with Crippen LogP contribution in [-0.4, -0.2) is 11.4 Å². The van der Waals surface area contributed by atoms with Gasteiger partial charge in [-0.25, -0.2) is 0 Å². The van der Waals surface area contributed by atoms with E-state index in [2.05, 4.69) is 10.1 Å². The normalized spacial score (nSPS) is 11.9. The molecule has 0 fully saturated rings. The molecule has 0 saturated heterocycles. The maximum atomic E-state index is 5.36. The highest BCUT2D eigenvalue weighted by atomic mass is 16.5. The van der Waals surface area contributed by atoms with Crippen molar-refractivity contribution in [2.24, 2.45) is 4.99 Å². The molecular formula is C21H18N2O. The fourth-order valence-corrected chi connectivity index (χ4v) is 2.22. The summed E-state index contributed by atoms with van der Waals surface area (Å²) in [4.78, 5) is 4.47. The molecule has 0 saturated carbocycles. The third kappa shape index (κ3) is 4.17. The van der Waals surface area contributed by atoms with E-state index in [1.165, 1.54) is 0 Å². The predicted molar refractivity (Wildman–Crippen MR) is 100 cm³/mol. The largest absolute Gasteiger partial charge is 0.354 e. The van der Waals surface area contributed by atoms with Gasteiger partial charge in [-0.05, 0) is 30.2 Å². The first kappa shape index (κ1) is 15.7. The summed E-state index contributed by atoms with van der Waals surface area (Å²) < 4.78 is 5.36. The molecule has 0 radical (unpaired) electrons. The standard InChI is InChI=1S/C21H18N2O/c1-17-21(22-16-8-13-18-9-4-2-5-10-18)20(24-23-17)15-14-19-11-6-3-7-12-19/h2-16H,1H3/b13-8+,15-14?,22-16?. The van der Waals surface area contributed by atoms with Gasteiger partial charge in [0, 0.05) is 6.21 Å². The van der Waals surface area contributed by atoms with E-state index in [9.17, 15) is 0 Å². The van der Waals surface area contributed by atoms with Gasteiger partial charge in [-0.2, -0.15) is 0 Å². The third-order valence-electron chi connectivity index (χ3n) is 3.46. The molecule has 3 rings (SSSR count). The maximum Gasteiger partial charge on any atom is 0.185 e. The first-order chi connectivity index (χ1) is 11.8. The lowest BCUT2D eigenvalue weighted by Crippen LogP contribution is -1.74. The number of rotatable bonds is 5. The van der Waals surface area contributed by atoms with Gasteiger partial charge in [0.25, 0.3) is 0 Å². The molecule has 0 aliphatic carbocycles. The lowest BCUT2D eigenvalue weighted by molar-refractivity contribution is 0.408. The van der Waals surface area contributed by atoms with Gasteiger partial charge < -0.3 is 4.52 Å². The fraction of sp³-hybridized carbons (Fsp3) is 0.0476. The molecule has 1 heterocycles. The van der Waals surface area contributed by atoms with Crippen LogP contribution in [0.25, 0.3) is 18.2 Å². The zero-order valence-corrected chi connectivity index (χ0v) is 13.5. The van der Waals surface area contributed by atoms with Gasteiger partial charge >= 0.3 is 0 Å². The van der Waals surface area contributed by atoms with Gasteiger partial charge in [-0.1, -0.05) is 78.0 Å². The Labute approximate surface area is 141 Å². The summed E-state index contributed by atoms with van der Waals surface area (Å²) in [6.45, 7) is 1.89. The van der Waals surface area contributed by atoms with E-state index in [1.807, 2.05) is 91.9 Å². The molecule has 0 amide bonds. The number of aryl methyl sites for hydroxylation is 1. The molecule has 0 N–H and O–H groups in total. The van der Waals surface area contributed by atoms with Crippen LogP contribution in [0.2, 0.25) is 0 Å². The molecule has 0 bridgehead atoms. The van der Waals surface area contributed by atoms with E-state index in [-0.39, 0.29) is 0 Å². The third-order valence-corrected chi connectivity index (χ3v) is 3.46. The van der Waals surface area contributed by atoms with Crippen molar-refractivity contribution in [1.82, 2.24) is 5.16 Å². The summed E-state index contributed by atoms with van der Waals surface area (Å²) in [5.41, 5.74) is 3.76. The van der Waals surface area contributed by atoms with Crippen LogP contribution in [0, 0.1) is 6.92 Å². The summed E-state index contributed by atoms with van der Waals surface area (Å²) in [5.74, 6) is 0.653. The lowest BCUT2D eigenvalue weighted by atomic mass is 10.2. The molecule has 0 aliphatic rings. The van der Waals surface area contributed by atoms with Gasteiger partial charge in [-0.15, -0.1) is 0 Å². The van der Waals surface area contributed by atoms with Crippen LogP contribution in [0.15, 0.2) is 76.3 Å². The number of allylic oxidation sites excluding steroid dienone is 1. The number of benzene rings is 2. The Morgan fingerprint density at radius 3 is 2.12 bits per heavy atom. The number of nitrogens with zero attached hydrogens (tertiary/aromatic N) is 2. The Hall–Kier alpha value is -3.20. The van der Waals surface area contributed by atoms with E-state index in [0.717, 1.165) is 22.5 Å². The van der Waals surface area contributed by atoms with E-state index >= 15 is 0 Å². The molecule has 0 atom stereocenters. The van der Waals surface area contributed by atoms with Crippen molar-refractivity contribution in [2.75, 3.05) is 0 Å². The predicted octanol–water partition coefficient (Wildman–Crippen LogP) is 5.57. The highest BCUT2D eigenvalue weighted by Crippen LogP contribution is 2.25. The number of aromatic nitrogens is 1. The van der Waals surface area contributed by atoms with Crippen molar-refractivity contribution >= 4 is 30.1 Å². The molecular weight excluding hydrogens is 296 g/mol. The minimum Gasteiger partial charge on any atom is -0.354 e. The molecule has 1 aromatic heterocycles. The first-order valence-corrected chi connectivity index (χ1v) is 7.78. The van der Waals surface area contributed by atoms with E-state index in [0.29, 0.717) is 5.76 Å². The highest BCUT2D eigenvalue weighted by molar-refractivity contribution is 5.82. The second-order valence-electron chi connectivity index (χ2n) is 5.27. The molecule has 118 valence electrons. The molecule has 3 nitrogen and oxygen atoms in total. The van der Waals surface area contributed by atoms with Crippen LogP contribution in [0.4, 0.5) is 5.69 Å². The lowest BCUT2D eigenvalue weighted by Gasteiger charge is -1.92. The molecule has 0 unspecified atom stereocenters. The topological polar surface area (TPSA) is 38.4 Å². The van der Waals surface area contributed by atoms with Crippen molar-refractivity contribution in [3.63, 3.8) is 0 Å². The summed E-state index contributed by atoms with van der Waals surface area (Å²) in [6, 6.07) is 20.2. The van der Waals surface area contributed by atoms with Crippen LogP contribution in [0.5, 0.6) is 0 Å². The fourth-order valence-electron chi connectivity index (χ4n) is 2.22. The minimum atomic E-state index is 0.653. The van der Waals surface area contributed by atoms with Gasteiger partial charge in [0.1, 0.15) is 11.4 Å². The van der Waals surface area contributed by atoms with Gasteiger partial charge in [0.05, 0.1) is 0 Å². The average molecular weight is 314 g/mol. The first-order valence-electron chi connectivity index (χ1n) is 7.78. The van der Waals surface area contributed by atoms with Crippen molar-refractivity contribution in [2.45, 2.75) is 6.92 Å². The van der Waals surface area contributed by atoms with Gasteiger partial charge in [0.2, 0.25) is 0 Å². The van der Waals surface area contributed by atoms with E-state index in [1.54, 1.807) is 6.21 Å². The summed E-state index contributed by atoms with van der Waals surface area (Å²) in [7, 11) is 0. The monoisotopic (exact) mass is 314 g/mol. The van der Waals surface area contributed by atoms with Crippen LogP contribution in [0.3, 0.4) is 0 Å². The molecule has 3 heteroatoms. The van der Waals surface area contributed by atoms with Crippen LogP contribution in [-0.2, 0) is 0 Å². The van der Waals surface area contributed by atoms with Crippen LogP contribution < -0.4 is 0 Å². The quantitative estimate of drug-likeness (QED) is 0.577. The van der Waals surface area contributed by atoms with Gasteiger partial charge in [0.15, 0.2) is 5.76 Å². The number of hydrogen-bond donors (Lipinski definition) is 0. The van der Waals surface area contributed by atoms with Crippen molar-refractivity contribution in [3.05, 3.63) is 89.3 Å². The van der Waals surface area contributed by atoms with Crippen LogP contribution in [0.1, 0.15) is 22.6 Å². The Bertz CT molecular complexity index is 859. The van der Waals surface area contributed by atoms with Crippen molar-refractivity contribution in [1.29, 1.82) is 0 Å². The van der Waals surface area contributed by atoms with Crippen LogP contribution >= 0.6 is 0 Å². The van der Waals surface area contributed by atoms with Crippen molar-refractivity contribution < 1.29 is 4.52 Å². The van der Waals surface area contributed by atoms with Gasteiger partial charge in [-0.3, -0.25) is 4.99 Å². The summed E-state index contributed by atoms with van der Waals surface area (Å²) in [5, 5.41) is 4.00. The maximum absolute atomic E-state index is 5.36. The second-order valence-corrected chi connectivity index (χ2v) is 5.27. The Morgan fingerprint density at radius 1 is 0.833 bits per heavy atom.